The molecule has 8 heteroatoms. The number of anilines is 1. The van der Waals surface area contributed by atoms with Crippen LogP contribution in [0.1, 0.15) is 17.5 Å². The summed E-state index contributed by atoms with van der Waals surface area (Å²) in [5.74, 6) is 2.18. The van der Waals surface area contributed by atoms with Crippen LogP contribution in [-0.2, 0) is 17.0 Å². The highest BCUT2D eigenvalue weighted by molar-refractivity contribution is 8.00. The van der Waals surface area contributed by atoms with Crippen molar-refractivity contribution in [1.82, 2.24) is 10.2 Å². The van der Waals surface area contributed by atoms with E-state index in [1.54, 1.807) is 26.0 Å². The van der Waals surface area contributed by atoms with Crippen molar-refractivity contribution in [3.8, 4) is 11.5 Å². The number of amides is 1. The van der Waals surface area contributed by atoms with Crippen molar-refractivity contribution in [3.63, 3.8) is 0 Å². The van der Waals surface area contributed by atoms with Gasteiger partial charge in [0.25, 0.3) is 0 Å². The predicted molar refractivity (Wildman–Crippen MR) is 112 cm³/mol. The molecule has 146 valence electrons. The van der Waals surface area contributed by atoms with Crippen molar-refractivity contribution in [1.29, 1.82) is 0 Å². The van der Waals surface area contributed by atoms with Gasteiger partial charge in [-0.25, -0.2) is 0 Å². The van der Waals surface area contributed by atoms with Crippen LogP contribution in [0.5, 0.6) is 11.5 Å². The number of carbonyl (C=O) groups is 1. The van der Waals surface area contributed by atoms with E-state index in [0.717, 1.165) is 27.2 Å². The van der Waals surface area contributed by atoms with Gasteiger partial charge in [0.1, 0.15) is 11.5 Å². The summed E-state index contributed by atoms with van der Waals surface area (Å²) in [6, 6.07) is 15.7. The number of benzene rings is 2. The maximum atomic E-state index is 12.3. The molecule has 0 unspecified atom stereocenters. The van der Waals surface area contributed by atoms with E-state index in [4.69, 9.17) is 9.47 Å². The average molecular weight is 416 g/mol. The number of methoxy groups -OCH3 is 2. The second kappa shape index (κ2) is 10.1. The first-order chi connectivity index (χ1) is 13.7. The lowest BCUT2D eigenvalue weighted by Gasteiger charge is -2.10. The lowest BCUT2D eigenvalue weighted by Crippen LogP contribution is -2.12. The van der Waals surface area contributed by atoms with Crippen LogP contribution in [0.2, 0.25) is 0 Å². The minimum absolute atomic E-state index is 0.111. The van der Waals surface area contributed by atoms with Crippen LogP contribution in [-0.4, -0.2) is 30.3 Å². The molecule has 1 heterocycles. The summed E-state index contributed by atoms with van der Waals surface area (Å²) < 4.78 is 11.4. The zero-order valence-electron chi connectivity index (χ0n) is 15.7. The molecule has 0 aliphatic heterocycles. The van der Waals surface area contributed by atoms with Crippen LogP contribution in [0, 0.1) is 0 Å². The number of aryl methyl sites for hydroxylation is 1. The van der Waals surface area contributed by atoms with E-state index >= 15 is 0 Å². The fraction of sp³-hybridized carbons (Fsp3) is 0.250. The van der Waals surface area contributed by atoms with Crippen LogP contribution in [0.3, 0.4) is 0 Å². The van der Waals surface area contributed by atoms with Gasteiger partial charge < -0.3 is 14.8 Å². The van der Waals surface area contributed by atoms with Crippen LogP contribution in [0.15, 0.2) is 52.9 Å². The third kappa shape index (κ3) is 5.71. The van der Waals surface area contributed by atoms with Gasteiger partial charge in [-0.2, -0.15) is 0 Å². The van der Waals surface area contributed by atoms with E-state index in [1.165, 1.54) is 16.9 Å². The van der Waals surface area contributed by atoms with Crippen molar-refractivity contribution in [3.05, 3.63) is 59.7 Å². The zero-order chi connectivity index (χ0) is 19.8. The van der Waals surface area contributed by atoms with Crippen LogP contribution < -0.4 is 14.8 Å². The zero-order valence-corrected chi connectivity index (χ0v) is 17.3. The van der Waals surface area contributed by atoms with E-state index in [1.807, 2.05) is 36.4 Å². The maximum Gasteiger partial charge on any atom is 0.226 e. The molecule has 2 aromatic carbocycles. The Balaban J connectivity index is 1.51. The molecule has 3 aromatic rings. The largest absolute Gasteiger partial charge is 0.497 e. The van der Waals surface area contributed by atoms with Gasteiger partial charge in [0.15, 0.2) is 4.34 Å². The monoisotopic (exact) mass is 415 g/mol. The van der Waals surface area contributed by atoms with Crippen molar-refractivity contribution in [2.75, 3.05) is 19.5 Å². The summed E-state index contributed by atoms with van der Waals surface area (Å²) in [6.07, 6.45) is 0.857. The number of ether oxygens (including phenoxy) is 2. The maximum absolute atomic E-state index is 12.3. The molecular weight excluding hydrogens is 394 g/mol. The second-order valence-corrected chi connectivity index (χ2v) is 8.07. The molecule has 1 amide bonds. The molecule has 0 saturated heterocycles. The first-order valence-electron chi connectivity index (χ1n) is 8.69. The van der Waals surface area contributed by atoms with Gasteiger partial charge in [-0.1, -0.05) is 53.4 Å². The number of nitrogens with zero attached hydrogens (tertiary/aromatic N) is 2. The number of carbonyl (C=O) groups excluding carboxylic acids is 1. The van der Waals surface area contributed by atoms with Crippen LogP contribution in [0.25, 0.3) is 0 Å². The molecule has 0 atom stereocenters. The topological polar surface area (TPSA) is 73.3 Å². The van der Waals surface area contributed by atoms with E-state index in [9.17, 15) is 4.79 Å². The van der Waals surface area contributed by atoms with Gasteiger partial charge in [0, 0.05) is 12.2 Å². The molecule has 0 spiro atoms. The highest BCUT2D eigenvalue weighted by Gasteiger charge is 2.11. The van der Waals surface area contributed by atoms with E-state index in [0.29, 0.717) is 18.0 Å². The minimum Gasteiger partial charge on any atom is -0.497 e. The van der Waals surface area contributed by atoms with E-state index < -0.39 is 0 Å². The highest BCUT2D eigenvalue weighted by Crippen LogP contribution is 2.29. The van der Waals surface area contributed by atoms with Crippen molar-refractivity contribution in [2.24, 2.45) is 0 Å². The van der Waals surface area contributed by atoms with Gasteiger partial charge in [-0.3, -0.25) is 4.79 Å². The Bertz CT molecular complexity index is 916. The molecule has 0 saturated carbocycles. The Kier molecular flexibility index (Phi) is 7.27. The van der Waals surface area contributed by atoms with Gasteiger partial charge in [0.2, 0.25) is 11.0 Å². The number of hydrogen-bond acceptors (Lipinski definition) is 7. The third-order valence-corrected chi connectivity index (χ3v) is 6.01. The lowest BCUT2D eigenvalue weighted by atomic mass is 10.1. The Hall–Kier alpha value is -2.58. The quantitative estimate of drug-likeness (QED) is 0.412. The smallest absolute Gasteiger partial charge is 0.226 e. The van der Waals surface area contributed by atoms with Crippen molar-refractivity contribution in [2.45, 2.75) is 22.9 Å². The molecular formula is C20H21N3O3S2. The molecule has 0 aliphatic rings. The van der Waals surface area contributed by atoms with Crippen molar-refractivity contribution >= 4 is 34.1 Å². The summed E-state index contributed by atoms with van der Waals surface area (Å²) in [5, 5.41) is 11.5. The number of aromatic nitrogens is 2. The Morgan fingerprint density at radius 2 is 1.93 bits per heavy atom. The molecule has 3 rings (SSSR count). The van der Waals surface area contributed by atoms with Crippen LogP contribution in [0.4, 0.5) is 5.13 Å². The summed E-state index contributed by atoms with van der Waals surface area (Å²) in [4.78, 5) is 12.3. The van der Waals surface area contributed by atoms with Gasteiger partial charge in [-0.05, 0) is 35.7 Å². The number of rotatable bonds is 9. The summed E-state index contributed by atoms with van der Waals surface area (Å²) in [6.45, 7) is 0. The van der Waals surface area contributed by atoms with Gasteiger partial charge >= 0.3 is 0 Å². The standard InChI is InChI=1S/C20H21N3O3S2/c1-25-16-9-10-17(26-2)15(12-16)8-11-18(24)21-19-22-23-20(28-19)27-13-14-6-4-3-5-7-14/h3-7,9-10,12H,8,11,13H2,1-2H3,(H,21,22,24). The molecule has 0 fully saturated rings. The summed E-state index contributed by atoms with van der Waals surface area (Å²) >= 11 is 2.98. The number of nitrogens with one attached hydrogen (secondary N) is 1. The highest BCUT2D eigenvalue weighted by atomic mass is 32.2. The first kappa shape index (κ1) is 20.2. The second-order valence-electron chi connectivity index (χ2n) is 5.87. The fourth-order valence-corrected chi connectivity index (χ4v) is 4.27. The van der Waals surface area contributed by atoms with Gasteiger partial charge in [0.05, 0.1) is 14.2 Å². The molecule has 6 nitrogen and oxygen atoms in total. The average Bonchev–Trinajstić information content (AvgIpc) is 3.18. The predicted octanol–water partition coefficient (Wildman–Crippen LogP) is 4.42. The molecule has 0 aliphatic carbocycles. The first-order valence-corrected chi connectivity index (χ1v) is 10.5. The molecule has 1 aromatic heterocycles. The van der Waals surface area contributed by atoms with Gasteiger partial charge in [-0.15, -0.1) is 10.2 Å². The normalized spacial score (nSPS) is 10.5. The fourth-order valence-electron chi connectivity index (χ4n) is 2.55. The Morgan fingerprint density at radius 3 is 2.68 bits per heavy atom. The van der Waals surface area contributed by atoms with Crippen LogP contribution >= 0.6 is 23.1 Å². The lowest BCUT2D eigenvalue weighted by molar-refractivity contribution is -0.116. The minimum atomic E-state index is -0.111. The molecule has 1 N–H and O–H groups in total. The Morgan fingerprint density at radius 1 is 1.11 bits per heavy atom. The molecule has 28 heavy (non-hydrogen) atoms. The van der Waals surface area contributed by atoms with E-state index in [-0.39, 0.29) is 5.91 Å². The van der Waals surface area contributed by atoms with Crippen molar-refractivity contribution < 1.29 is 14.3 Å². The molecule has 0 bridgehead atoms. The number of thioether (sulfide) groups is 1. The summed E-state index contributed by atoms with van der Waals surface area (Å²) in [5.41, 5.74) is 2.15. The number of hydrogen-bond donors (Lipinski definition) is 1. The SMILES string of the molecule is COc1ccc(OC)c(CCC(=O)Nc2nnc(SCc3ccccc3)s2)c1. The Labute approximate surface area is 172 Å². The molecule has 0 radical (unpaired) electrons. The van der Waals surface area contributed by atoms with E-state index in [2.05, 4.69) is 27.6 Å². The third-order valence-electron chi connectivity index (χ3n) is 3.97. The summed E-state index contributed by atoms with van der Waals surface area (Å²) in [7, 11) is 3.22.